The topological polar surface area (TPSA) is 0 Å². The van der Waals surface area contributed by atoms with Crippen LogP contribution in [0, 0.1) is 37.0 Å². The van der Waals surface area contributed by atoms with E-state index in [-0.39, 0.29) is 32.2 Å². The van der Waals surface area contributed by atoms with Crippen molar-refractivity contribution >= 4 is 29.0 Å². The monoisotopic (exact) mass is 568 g/mol. The number of halogens is 2. The van der Waals surface area contributed by atoms with Gasteiger partial charge in [-0.3, -0.25) is 6.08 Å². The molecule has 0 spiro atoms. The maximum Gasteiger partial charge on any atom is -0.0253 e. The van der Waals surface area contributed by atoms with Gasteiger partial charge in [0.05, 0.1) is 0 Å². The van der Waals surface area contributed by atoms with Crippen LogP contribution in [0.1, 0.15) is 38.8 Å². The average Bonchev–Trinajstić information content (AvgIpc) is 3.41. The van der Waals surface area contributed by atoms with Crippen LogP contribution in [0.15, 0.2) is 90.5 Å². The van der Waals surface area contributed by atoms with Gasteiger partial charge < -0.3 is 7.43 Å². The molecular formula is C31H36Cl2Zr-4. The average molecular weight is 571 g/mol. The van der Waals surface area contributed by atoms with Crippen LogP contribution in [0.25, 0.3) is 11.1 Å². The molecule has 3 aromatic rings. The first-order valence-corrected chi connectivity index (χ1v) is 12.3. The molecule has 34 heavy (non-hydrogen) atoms. The number of benzene rings is 3. The van der Waals surface area contributed by atoms with Gasteiger partial charge in [-0.1, -0.05) is 74.4 Å². The molecular weight excluding hydrogens is 534 g/mol. The second kappa shape index (κ2) is 17.8. The molecule has 0 amide bonds. The van der Waals surface area contributed by atoms with Gasteiger partial charge in [0.15, 0.2) is 0 Å². The van der Waals surface area contributed by atoms with E-state index in [0.29, 0.717) is 11.3 Å². The van der Waals surface area contributed by atoms with Gasteiger partial charge in [0.2, 0.25) is 0 Å². The third kappa shape index (κ3) is 10.8. The normalized spacial score (nSPS) is 13.6. The second-order valence-electron chi connectivity index (χ2n) is 8.45. The van der Waals surface area contributed by atoms with Gasteiger partial charge in [0, 0.05) is 0 Å². The molecule has 5 rings (SSSR count). The quantitative estimate of drug-likeness (QED) is 0.185. The predicted molar refractivity (Wildman–Crippen MR) is 151 cm³/mol. The fourth-order valence-corrected chi connectivity index (χ4v) is 3.39. The molecule has 2 aliphatic carbocycles. The molecule has 0 saturated heterocycles. The van der Waals surface area contributed by atoms with Gasteiger partial charge in [-0.15, -0.1) is 30.4 Å². The van der Waals surface area contributed by atoms with Gasteiger partial charge in [-0.25, -0.2) is 6.08 Å². The van der Waals surface area contributed by atoms with Crippen molar-refractivity contribution in [1.29, 1.82) is 0 Å². The third-order valence-corrected chi connectivity index (χ3v) is 5.02. The van der Waals surface area contributed by atoms with Crippen LogP contribution in [0.5, 0.6) is 0 Å². The minimum absolute atomic E-state index is 0. The molecule has 0 nitrogen and oxygen atoms in total. The largest absolute Gasteiger partial charge is 0.358 e. The number of rotatable bonds is 0. The summed E-state index contributed by atoms with van der Waals surface area (Å²) < 4.78 is 3.34. The summed E-state index contributed by atoms with van der Waals surface area (Å²) in [6, 6.07) is 30.6. The van der Waals surface area contributed by atoms with Gasteiger partial charge in [-0.2, -0.15) is 77.9 Å². The first-order chi connectivity index (χ1) is 14.9. The summed E-state index contributed by atoms with van der Waals surface area (Å²) in [6.07, 6.45) is 8.70. The van der Waals surface area contributed by atoms with E-state index in [0.717, 1.165) is 6.42 Å². The fourth-order valence-electron chi connectivity index (χ4n) is 3.39. The minimum atomic E-state index is 0. The van der Waals surface area contributed by atoms with Gasteiger partial charge in [0.25, 0.3) is 0 Å². The number of fused-ring (bicyclic) bond motifs is 3. The van der Waals surface area contributed by atoms with E-state index in [1.165, 1.54) is 52.1 Å². The summed E-state index contributed by atoms with van der Waals surface area (Å²) in [5.41, 5.74) is 7.23. The molecule has 1 unspecified atom stereocenters. The van der Waals surface area contributed by atoms with Gasteiger partial charge in [0.1, 0.15) is 0 Å². The maximum atomic E-state index is 3.34. The van der Waals surface area contributed by atoms with Crippen molar-refractivity contribution in [2.24, 2.45) is 11.3 Å². The van der Waals surface area contributed by atoms with Crippen LogP contribution in [0.2, 0.25) is 0 Å². The van der Waals surface area contributed by atoms with Crippen molar-refractivity contribution in [2.45, 2.75) is 34.1 Å². The first-order valence-electron chi connectivity index (χ1n) is 10.6. The molecule has 3 aromatic carbocycles. The number of hydrogen-bond donors (Lipinski definition) is 0. The summed E-state index contributed by atoms with van der Waals surface area (Å²) in [5, 5.41) is 0. The Bertz CT molecular complexity index is 931. The summed E-state index contributed by atoms with van der Waals surface area (Å²) >= 11 is 1.30. The van der Waals surface area contributed by atoms with Crippen LogP contribution in [-0.4, -0.2) is 4.21 Å². The molecule has 0 N–H and O–H groups in total. The molecule has 2 aliphatic rings. The zero-order valence-electron chi connectivity index (χ0n) is 20.9. The molecule has 3 heteroatoms. The van der Waals surface area contributed by atoms with E-state index in [9.17, 15) is 0 Å². The van der Waals surface area contributed by atoms with Crippen molar-refractivity contribution in [3.05, 3.63) is 127 Å². The van der Waals surface area contributed by atoms with Crippen molar-refractivity contribution in [1.82, 2.24) is 0 Å². The van der Waals surface area contributed by atoms with E-state index in [1.54, 1.807) is 0 Å². The minimum Gasteiger partial charge on any atom is -0.358 e. The SMILES string of the molecule is CC1[C-]=CC(C(C)(C)C)=C1.Cl.Cl.[CH2]=[Zr].[CH3-].[c-]1cccc2c1Cc1ccccc1-2.[c-]1ccccc1. The molecule has 0 saturated carbocycles. The Labute approximate surface area is 235 Å². The van der Waals surface area contributed by atoms with Crippen molar-refractivity contribution in [3.8, 4) is 11.1 Å². The van der Waals surface area contributed by atoms with Crippen molar-refractivity contribution in [2.75, 3.05) is 0 Å². The Hall–Kier alpha value is -1.53. The van der Waals surface area contributed by atoms with Crippen LogP contribution >= 0.6 is 24.8 Å². The molecule has 0 aromatic heterocycles. The molecule has 0 radical (unpaired) electrons. The Kier molecular flexibility index (Phi) is 18.2. The Morgan fingerprint density at radius 2 is 1.47 bits per heavy atom. The van der Waals surface area contributed by atoms with Gasteiger partial charge in [-0.05, 0) is 6.42 Å². The second-order valence-corrected chi connectivity index (χ2v) is 8.45. The summed E-state index contributed by atoms with van der Waals surface area (Å²) in [6.45, 7) is 8.86. The number of allylic oxidation sites excluding steroid dienone is 4. The van der Waals surface area contributed by atoms with Crippen molar-refractivity contribution in [3.63, 3.8) is 0 Å². The Morgan fingerprint density at radius 1 is 0.853 bits per heavy atom. The van der Waals surface area contributed by atoms with Crippen molar-refractivity contribution < 1.29 is 24.2 Å². The third-order valence-electron chi connectivity index (χ3n) is 5.02. The Morgan fingerprint density at radius 3 is 1.94 bits per heavy atom. The molecule has 0 aliphatic heterocycles. The maximum absolute atomic E-state index is 3.34. The van der Waals surface area contributed by atoms with Gasteiger partial charge >= 0.3 is 28.4 Å². The molecule has 0 fully saturated rings. The van der Waals surface area contributed by atoms with E-state index in [4.69, 9.17) is 0 Å². The van der Waals surface area contributed by atoms with Crippen LogP contribution < -0.4 is 0 Å². The zero-order chi connectivity index (χ0) is 22.7. The molecule has 182 valence electrons. The number of hydrogen-bond acceptors (Lipinski definition) is 0. The summed E-state index contributed by atoms with van der Waals surface area (Å²) in [5.74, 6) is 0.522. The summed E-state index contributed by atoms with van der Waals surface area (Å²) in [7, 11) is 0. The molecule has 0 heterocycles. The standard InChI is InChI=1S/C13H9.C10H15.C6H5.CH3.CH2.2ClH.Zr/c1-3-7-12-10(5-1)9-11-6-2-4-8-13(11)12;1-8-5-6-9(7-8)10(2,3)4;1-2-4-6-5-3-1;;;;;/h1-5,7-8H,9H2;6-8H,1-4H3;1-5H;1H3;1H2;2*1H;/q4*-1;;;;. The van der Waals surface area contributed by atoms with E-state index >= 15 is 0 Å². The van der Waals surface area contributed by atoms with Crippen LogP contribution in [0.4, 0.5) is 0 Å². The van der Waals surface area contributed by atoms with E-state index in [1.807, 2.05) is 36.4 Å². The van der Waals surface area contributed by atoms with Crippen LogP contribution in [0.3, 0.4) is 0 Å². The zero-order valence-corrected chi connectivity index (χ0v) is 25.0. The molecule has 0 bridgehead atoms. The smallest absolute Gasteiger partial charge is 0.0253 e. The Balaban J connectivity index is 0. The van der Waals surface area contributed by atoms with E-state index in [2.05, 4.69) is 98.7 Å². The van der Waals surface area contributed by atoms with Crippen LogP contribution in [-0.2, 0) is 30.7 Å². The molecule has 1 atom stereocenters. The fraction of sp³-hybridized carbons (Fsp3) is 0.226. The summed E-state index contributed by atoms with van der Waals surface area (Å²) in [4.78, 5) is 0. The predicted octanol–water partition coefficient (Wildman–Crippen LogP) is 8.77. The first kappa shape index (κ1) is 34.6. The van der Waals surface area contributed by atoms with E-state index < -0.39 is 0 Å².